The molecule has 166 valence electrons. The second-order valence-corrected chi connectivity index (χ2v) is 8.47. The minimum atomic E-state index is -0.449. The van der Waals surface area contributed by atoms with Gasteiger partial charge >= 0.3 is 0 Å². The molecule has 2 N–H and O–H groups in total. The lowest BCUT2D eigenvalue weighted by Crippen LogP contribution is -2.31. The highest BCUT2D eigenvalue weighted by atomic mass is 35.5. The van der Waals surface area contributed by atoms with E-state index in [4.69, 9.17) is 21.1 Å². The number of methoxy groups -OCH3 is 2. The number of carbonyl (C=O) groups excluding carboxylic acids is 2. The summed E-state index contributed by atoms with van der Waals surface area (Å²) in [5, 5.41) is 16.3. The maximum absolute atomic E-state index is 12.4. The summed E-state index contributed by atoms with van der Waals surface area (Å²) in [6.07, 6.45) is 0.122. The Bertz CT molecular complexity index is 1130. The molecule has 0 fully saturated rings. The van der Waals surface area contributed by atoms with Crippen LogP contribution in [0.5, 0.6) is 11.5 Å². The van der Waals surface area contributed by atoms with E-state index >= 15 is 0 Å². The van der Waals surface area contributed by atoms with Gasteiger partial charge in [0.2, 0.25) is 11.8 Å². The Labute approximate surface area is 195 Å². The van der Waals surface area contributed by atoms with Crippen molar-refractivity contribution in [3.05, 3.63) is 63.1 Å². The average Bonchev–Trinajstić information content (AvgIpc) is 2.79. The smallest absolute Gasteiger partial charge is 0.234 e. The monoisotopic (exact) mass is 471 g/mol. The van der Waals surface area contributed by atoms with Crippen LogP contribution in [0.4, 0.5) is 5.69 Å². The van der Waals surface area contributed by atoms with E-state index in [1.807, 2.05) is 13.0 Å². The van der Waals surface area contributed by atoms with Crippen molar-refractivity contribution in [3.8, 4) is 17.6 Å². The predicted molar refractivity (Wildman–Crippen MR) is 125 cm³/mol. The largest absolute Gasteiger partial charge is 0.493 e. The van der Waals surface area contributed by atoms with Gasteiger partial charge in [-0.15, -0.1) is 0 Å². The maximum Gasteiger partial charge on any atom is 0.234 e. The van der Waals surface area contributed by atoms with Gasteiger partial charge in [0.1, 0.15) is 0 Å². The number of anilines is 1. The topological polar surface area (TPSA) is 100 Å². The minimum absolute atomic E-state index is 0.0188. The van der Waals surface area contributed by atoms with E-state index in [1.165, 1.54) is 14.2 Å². The van der Waals surface area contributed by atoms with Gasteiger partial charge in [-0.1, -0.05) is 35.5 Å². The molecule has 1 heterocycles. The third-order valence-corrected chi connectivity index (χ3v) is 6.39. The van der Waals surface area contributed by atoms with Gasteiger partial charge < -0.3 is 20.1 Å². The van der Waals surface area contributed by atoms with Crippen molar-refractivity contribution in [2.75, 3.05) is 25.3 Å². The number of nitrogens with zero attached hydrogens (tertiary/aromatic N) is 1. The molecule has 0 aliphatic carbocycles. The molecule has 1 atom stereocenters. The molecule has 0 saturated carbocycles. The molecule has 0 aromatic heterocycles. The highest BCUT2D eigenvalue weighted by Gasteiger charge is 2.30. The van der Waals surface area contributed by atoms with Crippen LogP contribution >= 0.6 is 23.4 Å². The number of allylic oxidation sites excluding steroid dienone is 1. The van der Waals surface area contributed by atoms with Crippen LogP contribution in [0.15, 0.2) is 47.0 Å². The number of carbonyl (C=O) groups is 2. The number of nitriles is 1. The van der Waals surface area contributed by atoms with Crippen molar-refractivity contribution in [2.45, 2.75) is 19.3 Å². The molecule has 1 aliphatic rings. The Morgan fingerprint density at radius 3 is 2.66 bits per heavy atom. The average molecular weight is 472 g/mol. The van der Waals surface area contributed by atoms with Gasteiger partial charge in [0.05, 0.1) is 36.6 Å². The highest BCUT2D eigenvalue weighted by molar-refractivity contribution is 8.03. The van der Waals surface area contributed by atoms with Crippen molar-refractivity contribution in [3.63, 3.8) is 0 Å². The molecule has 1 aliphatic heterocycles. The molecule has 2 aromatic rings. The number of nitrogens with one attached hydrogen (secondary N) is 2. The van der Waals surface area contributed by atoms with Crippen LogP contribution < -0.4 is 20.1 Å². The first-order valence-corrected chi connectivity index (χ1v) is 11.1. The fraction of sp³-hybridized carbons (Fsp3) is 0.261. The molecule has 0 spiro atoms. The molecule has 0 radical (unpaired) electrons. The van der Waals surface area contributed by atoms with E-state index in [2.05, 4.69) is 16.7 Å². The van der Waals surface area contributed by atoms with Gasteiger partial charge in [-0.05, 0) is 42.3 Å². The summed E-state index contributed by atoms with van der Waals surface area (Å²) in [6.45, 7) is 1.88. The zero-order valence-corrected chi connectivity index (χ0v) is 19.4. The lowest BCUT2D eigenvalue weighted by Gasteiger charge is -2.25. The van der Waals surface area contributed by atoms with Crippen LogP contribution in [0, 0.1) is 18.3 Å². The first-order chi connectivity index (χ1) is 15.4. The van der Waals surface area contributed by atoms with Crippen LogP contribution in [-0.4, -0.2) is 31.8 Å². The SMILES string of the molecule is COc1ccc(C2CC(=O)NC(SCC(=O)Nc3ccc(C)c(Cl)c3)=C2C#N)cc1OC. The number of thioether (sulfide) groups is 1. The number of halogens is 1. The van der Waals surface area contributed by atoms with Gasteiger partial charge in [-0.25, -0.2) is 0 Å². The number of rotatable bonds is 7. The van der Waals surface area contributed by atoms with Gasteiger partial charge in [0, 0.05) is 23.0 Å². The van der Waals surface area contributed by atoms with Gasteiger partial charge in [0.25, 0.3) is 0 Å². The van der Waals surface area contributed by atoms with Crippen molar-refractivity contribution in [1.29, 1.82) is 5.26 Å². The summed E-state index contributed by atoms with van der Waals surface area (Å²) in [6, 6.07) is 12.8. The summed E-state index contributed by atoms with van der Waals surface area (Å²) < 4.78 is 10.6. The van der Waals surface area contributed by atoms with E-state index in [-0.39, 0.29) is 24.0 Å². The summed E-state index contributed by atoms with van der Waals surface area (Å²) in [5.74, 6) is 0.139. The summed E-state index contributed by atoms with van der Waals surface area (Å²) in [5.41, 5.74) is 2.64. The Morgan fingerprint density at radius 2 is 2.00 bits per heavy atom. The zero-order valence-electron chi connectivity index (χ0n) is 17.8. The quantitative estimate of drug-likeness (QED) is 0.621. The van der Waals surface area contributed by atoms with E-state index in [9.17, 15) is 14.9 Å². The second-order valence-electron chi connectivity index (χ2n) is 7.07. The Hall–Kier alpha value is -3.15. The fourth-order valence-electron chi connectivity index (χ4n) is 3.29. The summed E-state index contributed by atoms with van der Waals surface area (Å²) in [7, 11) is 3.06. The Morgan fingerprint density at radius 1 is 1.25 bits per heavy atom. The third-order valence-electron chi connectivity index (χ3n) is 4.97. The molecular weight excluding hydrogens is 450 g/mol. The Balaban J connectivity index is 1.79. The van der Waals surface area contributed by atoms with E-state index < -0.39 is 5.92 Å². The van der Waals surface area contributed by atoms with E-state index in [0.717, 1.165) is 22.9 Å². The third kappa shape index (κ3) is 5.36. The minimum Gasteiger partial charge on any atom is -0.493 e. The number of hydrogen-bond acceptors (Lipinski definition) is 6. The molecule has 2 amide bonds. The maximum atomic E-state index is 12.4. The molecule has 9 heteroatoms. The molecule has 0 bridgehead atoms. The lowest BCUT2D eigenvalue weighted by molar-refractivity contribution is -0.121. The summed E-state index contributed by atoms with van der Waals surface area (Å²) in [4.78, 5) is 24.8. The van der Waals surface area contributed by atoms with Crippen molar-refractivity contribution in [2.24, 2.45) is 0 Å². The normalized spacial score (nSPS) is 15.6. The van der Waals surface area contributed by atoms with E-state index in [1.54, 1.807) is 30.3 Å². The molecule has 2 aromatic carbocycles. The number of aryl methyl sites for hydroxylation is 1. The number of ether oxygens (including phenoxy) is 2. The molecule has 7 nitrogen and oxygen atoms in total. The van der Waals surface area contributed by atoms with Crippen molar-refractivity contribution in [1.82, 2.24) is 5.32 Å². The lowest BCUT2D eigenvalue weighted by atomic mass is 9.87. The molecule has 0 saturated heterocycles. The molecule has 32 heavy (non-hydrogen) atoms. The van der Waals surface area contributed by atoms with Crippen molar-refractivity contribution < 1.29 is 19.1 Å². The van der Waals surface area contributed by atoms with E-state index in [0.29, 0.717) is 32.8 Å². The van der Waals surface area contributed by atoms with Gasteiger partial charge in [0.15, 0.2) is 11.5 Å². The first kappa shape index (κ1) is 23.5. The summed E-state index contributed by atoms with van der Waals surface area (Å²) >= 11 is 7.21. The number of hydrogen-bond donors (Lipinski definition) is 2. The van der Waals surface area contributed by atoms with Crippen LogP contribution in [0.2, 0.25) is 5.02 Å². The Kier molecular flexibility index (Phi) is 7.67. The first-order valence-electron chi connectivity index (χ1n) is 9.71. The van der Waals surface area contributed by atoms with Crippen LogP contribution in [0.3, 0.4) is 0 Å². The fourth-order valence-corrected chi connectivity index (χ4v) is 4.35. The molecular formula is C23H22ClN3O4S. The zero-order chi connectivity index (χ0) is 23.3. The van der Waals surface area contributed by atoms with Crippen LogP contribution in [-0.2, 0) is 9.59 Å². The number of amides is 2. The van der Waals surface area contributed by atoms with Gasteiger partial charge in [-0.3, -0.25) is 9.59 Å². The number of benzene rings is 2. The van der Waals surface area contributed by atoms with Gasteiger partial charge in [-0.2, -0.15) is 5.26 Å². The van der Waals surface area contributed by atoms with Crippen LogP contribution in [0.1, 0.15) is 23.5 Å². The predicted octanol–water partition coefficient (Wildman–Crippen LogP) is 4.38. The second kappa shape index (κ2) is 10.4. The van der Waals surface area contributed by atoms with Crippen molar-refractivity contribution >= 4 is 40.9 Å². The van der Waals surface area contributed by atoms with Crippen LogP contribution in [0.25, 0.3) is 0 Å². The molecule has 1 unspecified atom stereocenters. The highest BCUT2D eigenvalue weighted by Crippen LogP contribution is 2.39. The molecule has 3 rings (SSSR count). The standard InChI is InChI=1S/C23H22ClN3O4S/c1-13-4-6-15(9-18(13)24)26-22(29)12-32-23-17(11-25)16(10-21(28)27-23)14-5-7-19(30-2)20(8-14)31-3/h4-9,16H,10,12H2,1-3H3,(H,26,29)(H,27,28).